The van der Waals surface area contributed by atoms with Gasteiger partial charge in [-0.3, -0.25) is 9.59 Å². The lowest BCUT2D eigenvalue weighted by Crippen LogP contribution is -2.27. The fourth-order valence-electron chi connectivity index (χ4n) is 2.85. The van der Waals surface area contributed by atoms with E-state index < -0.39 is 0 Å². The SMILES string of the molecule is COc1ccc(C(C)NC(=O)CCC(=O)c2ccc(C)c(C)c2)c(OC)c1. The average Bonchev–Trinajstić information content (AvgIpc) is 2.67. The van der Waals surface area contributed by atoms with Gasteiger partial charge in [0.1, 0.15) is 11.5 Å². The van der Waals surface area contributed by atoms with E-state index in [1.54, 1.807) is 20.3 Å². The smallest absolute Gasteiger partial charge is 0.220 e. The van der Waals surface area contributed by atoms with Crippen LogP contribution in [0.4, 0.5) is 0 Å². The van der Waals surface area contributed by atoms with Gasteiger partial charge in [0.25, 0.3) is 0 Å². The molecule has 0 radical (unpaired) electrons. The van der Waals surface area contributed by atoms with Crippen LogP contribution in [-0.4, -0.2) is 25.9 Å². The highest BCUT2D eigenvalue weighted by Crippen LogP contribution is 2.29. The molecule has 2 rings (SSSR count). The van der Waals surface area contributed by atoms with Crippen molar-refractivity contribution in [1.29, 1.82) is 0 Å². The third-order valence-electron chi connectivity index (χ3n) is 4.69. The largest absolute Gasteiger partial charge is 0.497 e. The number of aryl methyl sites for hydroxylation is 2. The number of hydrogen-bond acceptors (Lipinski definition) is 4. The summed E-state index contributed by atoms with van der Waals surface area (Å²) in [6.07, 6.45) is 0.329. The van der Waals surface area contributed by atoms with E-state index in [9.17, 15) is 9.59 Å². The van der Waals surface area contributed by atoms with E-state index in [1.165, 1.54) is 0 Å². The molecule has 0 fully saturated rings. The highest BCUT2D eigenvalue weighted by molar-refractivity contribution is 5.98. The van der Waals surface area contributed by atoms with Crippen molar-refractivity contribution < 1.29 is 19.1 Å². The van der Waals surface area contributed by atoms with Crippen molar-refractivity contribution in [1.82, 2.24) is 5.32 Å². The van der Waals surface area contributed by atoms with Crippen LogP contribution >= 0.6 is 0 Å². The maximum Gasteiger partial charge on any atom is 0.220 e. The highest BCUT2D eigenvalue weighted by Gasteiger charge is 2.16. The predicted octanol–water partition coefficient (Wildman–Crippen LogP) is 4.16. The molecule has 0 saturated heterocycles. The number of nitrogens with one attached hydrogen (secondary N) is 1. The molecule has 0 aliphatic carbocycles. The lowest BCUT2D eigenvalue weighted by atomic mass is 10.0. The van der Waals surface area contributed by atoms with Crippen LogP contribution in [0, 0.1) is 13.8 Å². The minimum Gasteiger partial charge on any atom is -0.497 e. The van der Waals surface area contributed by atoms with Crippen molar-refractivity contribution in [2.24, 2.45) is 0 Å². The number of amides is 1. The molecule has 0 aromatic heterocycles. The van der Waals surface area contributed by atoms with E-state index in [-0.39, 0.29) is 30.6 Å². The molecule has 0 spiro atoms. The zero-order valence-corrected chi connectivity index (χ0v) is 16.6. The van der Waals surface area contributed by atoms with Crippen LogP contribution in [0.5, 0.6) is 11.5 Å². The first-order valence-corrected chi connectivity index (χ1v) is 8.97. The van der Waals surface area contributed by atoms with E-state index in [0.717, 1.165) is 16.7 Å². The molecule has 0 bridgehead atoms. The van der Waals surface area contributed by atoms with Crippen molar-refractivity contribution in [2.75, 3.05) is 14.2 Å². The summed E-state index contributed by atoms with van der Waals surface area (Å²) in [5.41, 5.74) is 3.72. The molecule has 5 heteroatoms. The summed E-state index contributed by atoms with van der Waals surface area (Å²) in [6.45, 7) is 5.86. The Labute approximate surface area is 160 Å². The van der Waals surface area contributed by atoms with Crippen molar-refractivity contribution in [3.8, 4) is 11.5 Å². The second-order valence-corrected chi connectivity index (χ2v) is 6.62. The maximum atomic E-state index is 12.3. The normalized spacial score (nSPS) is 11.6. The molecule has 144 valence electrons. The maximum absolute atomic E-state index is 12.3. The highest BCUT2D eigenvalue weighted by atomic mass is 16.5. The van der Waals surface area contributed by atoms with Gasteiger partial charge in [0.05, 0.1) is 20.3 Å². The third kappa shape index (κ3) is 5.33. The molecule has 0 saturated carbocycles. The van der Waals surface area contributed by atoms with Gasteiger partial charge in [-0.2, -0.15) is 0 Å². The first-order valence-electron chi connectivity index (χ1n) is 8.97. The number of carbonyl (C=O) groups excluding carboxylic acids is 2. The number of carbonyl (C=O) groups is 2. The topological polar surface area (TPSA) is 64.6 Å². The van der Waals surface area contributed by atoms with Crippen LogP contribution in [0.1, 0.15) is 52.9 Å². The Morgan fingerprint density at radius 1 is 0.963 bits per heavy atom. The summed E-state index contributed by atoms with van der Waals surface area (Å²) in [7, 11) is 3.17. The lowest BCUT2D eigenvalue weighted by molar-refractivity contribution is -0.121. The summed E-state index contributed by atoms with van der Waals surface area (Å²) in [4.78, 5) is 24.6. The Balaban J connectivity index is 1.95. The fraction of sp³-hybridized carbons (Fsp3) is 0.364. The number of Topliss-reactive ketones (excluding diaryl/α,β-unsaturated/α-hetero) is 1. The van der Waals surface area contributed by atoms with Crippen LogP contribution in [0.3, 0.4) is 0 Å². The molecule has 1 atom stereocenters. The summed E-state index contributed by atoms with van der Waals surface area (Å²) in [5, 5.41) is 2.92. The molecule has 27 heavy (non-hydrogen) atoms. The van der Waals surface area contributed by atoms with Gasteiger partial charge in [-0.15, -0.1) is 0 Å². The van der Waals surface area contributed by atoms with Crippen molar-refractivity contribution in [3.63, 3.8) is 0 Å². The van der Waals surface area contributed by atoms with Crippen LogP contribution in [0.15, 0.2) is 36.4 Å². The molecule has 0 aliphatic rings. The number of methoxy groups -OCH3 is 2. The second kappa shape index (κ2) is 9.21. The molecule has 1 unspecified atom stereocenters. The summed E-state index contributed by atoms with van der Waals surface area (Å²) in [6, 6.07) is 10.8. The Kier molecular flexibility index (Phi) is 6.99. The van der Waals surface area contributed by atoms with E-state index in [0.29, 0.717) is 17.1 Å². The predicted molar refractivity (Wildman–Crippen MR) is 106 cm³/mol. The van der Waals surface area contributed by atoms with Gasteiger partial charge in [0, 0.05) is 30.0 Å². The van der Waals surface area contributed by atoms with Crippen molar-refractivity contribution in [2.45, 2.75) is 39.7 Å². The first kappa shape index (κ1) is 20.5. The van der Waals surface area contributed by atoms with Gasteiger partial charge in [-0.05, 0) is 50.1 Å². The zero-order chi connectivity index (χ0) is 20.0. The molecule has 1 N–H and O–H groups in total. The number of ketones is 1. The van der Waals surface area contributed by atoms with E-state index in [4.69, 9.17) is 9.47 Å². The average molecular weight is 369 g/mol. The fourth-order valence-corrected chi connectivity index (χ4v) is 2.85. The molecule has 0 heterocycles. The summed E-state index contributed by atoms with van der Waals surface area (Å²) in [5.74, 6) is 1.14. The summed E-state index contributed by atoms with van der Waals surface area (Å²) < 4.78 is 10.6. The van der Waals surface area contributed by atoms with Crippen LogP contribution in [0.25, 0.3) is 0 Å². The molecule has 2 aromatic rings. The van der Waals surface area contributed by atoms with Gasteiger partial charge >= 0.3 is 0 Å². The minimum atomic E-state index is -0.241. The molecule has 1 amide bonds. The summed E-state index contributed by atoms with van der Waals surface area (Å²) >= 11 is 0. The molecular formula is C22H27NO4. The minimum absolute atomic E-state index is 0.0251. The Hall–Kier alpha value is -2.82. The van der Waals surface area contributed by atoms with Crippen LogP contribution < -0.4 is 14.8 Å². The zero-order valence-electron chi connectivity index (χ0n) is 16.6. The van der Waals surface area contributed by atoms with Crippen LogP contribution in [-0.2, 0) is 4.79 Å². The van der Waals surface area contributed by atoms with E-state index in [1.807, 2.05) is 51.1 Å². The number of benzene rings is 2. The van der Waals surface area contributed by atoms with Crippen molar-refractivity contribution >= 4 is 11.7 Å². The van der Waals surface area contributed by atoms with Crippen LogP contribution in [0.2, 0.25) is 0 Å². The molecular weight excluding hydrogens is 342 g/mol. The quantitative estimate of drug-likeness (QED) is 0.710. The Morgan fingerprint density at radius 3 is 2.33 bits per heavy atom. The van der Waals surface area contributed by atoms with E-state index in [2.05, 4.69) is 5.32 Å². The third-order valence-corrected chi connectivity index (χ3v) is 4.69. The standard InChI is InChI=1S/C22H27NO4/c1-14-6-7-17(12-15(14)2)20(24)10-11-22(25)23-16(3)19-9-8-18(26-4)13-21(19)27-5/h6-9,12-13,16H,10-11H2,1-5H3,(H,23,25). The van der Waals surface area contributed by atoms with Gasteiger partial charge < -0.3 is 14.8 Å². The molecule has 2 aromatic carbocycles. The number of rotatable bonds is 8. The van der Waals surface area contributed by atoms with Gasteiger partial charge in [-0.25, -0.2) is 0 Å². The Morgan fingerprint density at radius 2 is 1.70 bits per heavy atom. The molecule has 5 nitrogen and oxygen atoms in total. The monoisotopic (exact) mass is 369 g/mol. The van der Waals surface area contributed by atoms with Gasteiger partial charge in [0.15, 0.2) is 5.78 Å². The van der Waals surface area contributed by atoms with Gasteiger partial charge in [-0.1, -0.05) is 12.1 Å². The lowest BCUT2D eigenvalue weighted by Gasteiger charge is -2.18. The second-order valence-electron chi connectivity index (χ2n) is 6.62. The van der Waals surface area contributed by atoms with Gasteiger partial charge in [0.2, 0.25) is 5.91 Å². The Bertz CT molecular complexity index is 829. The number of ether oxygens (including phenoxy) is 2. The van der Waals surface area contributed by atoms with Crippen molar-refractivity contribution in [3.05, 3.63) is 58.7 Å². The number of hydrogen-bond donors (Lipinski definition) is 1. The van der Waals surface area contributed by atoms with E-state index >= 15 is 0 Å². The first-order chi connectivity index (χ1) is 12.8. The molecule has 0 aliphatic heterocycles.